The minimum absolute atomic E-state index is 0.246. The molecule has 106 valence electrons. The summed E-state index contributed by atoms with van der Waals surface area (Å²) in [6.45, 7) is 5.85. The predicted octanol–water partition coefficient (Wildman–Crippen LogP) is 3.24. The third-order valence-electron chi connectivity index (χ3n) is 3.14. The van der Waals surface area contributed by atoms with Crippen LogP contribution < -0.4 is 9.64 Å². The molecule has 5 heteroatoms. The fourth-order valence-corrected chi connectivity index (χ4v) is 2.16. The van der Waals surface area contributed by atoms with E-state index >= 15 is 0 Å². The van der Waals surface area contributed by atoms with E-state index in [-0.39, 0.29) is 5.97 Å². The van der Waals surface area contributed by atoms with Crippen LogP contribution in [-0.4, -0.2) is 32.3 Å². The van der Waals surface area contributed by atoms with E-state index in [2.05, 4.69) is 15.9 Å². The van der Waals surface area contributed by atoms with Gasteiger partial charge in [0.25, 0.3) is 0 Å². The molecule has 0 atom stereocenters. The van der Waals surface area contributed by atoms with Crippen molar-refractivity contribution >= 4 is 27.6 Å². The van der Waals surface area contributed by atoms with Gasteiger partial charge in [-0.25, -0.2) is 4.79 Å². The average Bonchev–Trinajstić information content (AvgIpc) is 2.37. The van der Waals surface area contributed by atoms with Crippen molar-refractivity contribution in [3.05, 3.63) is 22.7 Å². The molecule has 1 rings (SSSR count). The third-order valence-corrected chi connectivity index (χ3v) is 3.76. The second-order valence-electron chi connectivity index (χ2n) is 4.66. The maximum Gasteiger partial charge on any atom is 0.331 e. The van der Waals surface area contributed by atoms with E-state index in [1.165, 1.54) is 0 Å². The van der Waals surface area contributed by atoms with Gasteiger partial charge in [0.1, 0.15) is 11.3 Å². The molecule has 0 saturated heterocycles. The molecule has 0 radical (unpaired) electrons. The minimum atomic E-state index is -0.732. The molecule has 0 aliphatic rings. The topological polar surface area (TPSA) is 38.8 Å². The van der Waals surface area contributed by atoms with E-state index in [0.717, 1.165) is 15.9 Å². The van der Waals surface area contributed by atoms with Crippen molar-refractivity contribution in [1.82, 2.24) is 0 Å². The molecule has 0 fully saturated rings. The number of carbonyl (C=O) groups is 1. The number of nitrogens with zero attached hydrogens (tertiary/aromatic N) is 1. The zero-order valence-corrected chi connectivity index (χ0v) is 13.6. The number of hydrogen-bond acceptors (Lipinski definition) is 4. The van der Waals surface area contributed by atoms with Gasteiger partial charge in [0.05, 0.1) is 18.2 Å². The van der Waals surface area contributed by atoms with Crippen molar-refractivity contribution < 1.29 is 14.3 Å². The Labute approximate surface area is 122 Å². The zero-order valence-electron chi connectivity index (χ0n) is 12.0. The van der Waals surface area contributed by atoms with E-state index < -0.39 is 5.54 Å². The molecule has 1 aromatic carbocycles. The average molecular weight is 330 g/mol. The van der Waals surface area contributed by atoms with E-state index in [4.69, 9.17) is 9.47 Å². The number of esters is 1. The van der Waals surface area contributed by atoms with E-state index in [0.29, 0.717) is 6.61 Å². The number of methoxy groups -OCH3 is 1. The van der Waals surface area contributed by atoms with Crippen LogP contribution in [0, 0.1) is 0 Å². The lowest BCUT2D eigenvalue weighted by molar-refractivity contribution is -0.148. The number of halogens is 1. The highest BCUT2D eigenvalue weighted by atomic mass is 79.9. The Bertz CT molecular complexity index is 460. The molecule has 0 bridgehead atoms. The lowest BCUT2D eigenvalue weighted by Crippen LogP contribution is -2.49. The monoisotopic (exact) mass is 329 g/mol. The van der Waals surface area contributed by atoms with Crippen LogP contribution in [0.2, 0.25) is 0 Å². The normalized spacial score (nSPS) is 11.1. The summed E-state index contributed by atoms with van der Waals surface area (Å²) >= 11 is 3.44. The van der Waals surface area contributed by atoms with Crippen LogP contribution in [0.1, 0.15) is 20.8 Å². The zero-order chi connectivity index (χ0) is 14.6. The summed E-state index contributed by atoms with van der Waals surface area (Å²) in [5.74, 6) is 0.510. The summed E-state index contributed by atoms with van der Waals surface area (Å²) in [5, 5.41) is 0. The SMILES string of the molecule is CCOC(=O)C(C)(C)N(C)c1ccc(OC)c(Br)c1. The fourth-order valence-electron chi connectivity index (χ4n) is 1.63. The maximum atomic E-state index is 12.0. The summed E-state index contributed by atoms with van der Waals surface area (Å²) in [6.07, 6.45) is 0. The van der Waals surface area contributed by atoms with Crippen molar-refractivity contribution in [3.63, 3.8) is 0 Å². The Morgan fingerprint density at radius 1 is 1.42 bits per heavy atom. The van der Waals surface area contributed by atoms with Gasteiger partial charge in [-0.2, -0.15) is 0 Å². The second-order valence-corrected chi connectivity index (χ2v) is 5.51. The number of hydrogen-bond donors (Lipinski definition) is 0. The molecule has 0 saturated carbocycles. The van der Waals surface area contributed by atoms with Crippen molar-refractivity contribution in [2.24, 2.45) is 0 Å². The molecule has 4 nitrogen and oxygen atoms in total. The van der Waals surface area contributed by atoms with E-state index in [9.17, 15) is 4.79 Å². The van der Waals surface area contributed by atoms with Crippen LogP contribution in [0.4, 0.5) is 5.69 Å². The molecule has 0 spiro atoms. The van der Waals surface area contributed by atoms with Gasteiger partial charge in [0.15, 0.2) is 0 Å². The molecule has 0 amide bonds. The van der Waals surface area contributed by atoms with Crippen LogP contribution in [-0.2, 0) is 9.53 Å². The highest BCUT2D eigenvalue weighted by Gasteiger charge is 2.34. The summed E-state index contributed by atoms with van der Waals surface area (Å²) in [5.41, 5.74) is 0.176. The molecule has 0 aliphatic heterocycles. The summed E-state index contributed by atoms with van der Waals surface area (Å²) < 4.78 is 11.1. The van der Waals surface area contributed by atoms with Crippen molar-refractivity contribution in [2.45, 2.75) is 26.3 Å². The van der Waals surface area contributed by atoms with Crippen molar-refractivity contribution in [2.75, 3.05) is 25.7 Å². The van der Waals surface area contributed by atoms with Gasteiger partial charge in [-0.1, -0.05) is 0 Å². The summed E-state index contributed by atoms with van der Waals surface area (Å²) in [4.78, 5) is 13.9. The molecule has 0 unspecified atom stereocenters. The number of benzene rings is 1. The summed E-state index contributed by atoms with van der Waals surface area (Å²) in [6, 6.07) is 5.68. The molecule has 19 heavy (non-hydrogen) atoms. The Morgan fingerprint density at radius 3 is 2.53 bits per heavy atom. The third kappa shape index (κ3) is 3.41. The van der Waals surface area contributed by atoms with Crippen LogP contribution in [0.15, 0.2) is 22.7 Å². The van der Waals surface area contributed by atoms with E-state index in [1.807, 2.05) is 44.0 Å². The summed E-state index contributed by atoms with van der Waals surface area (Å²) in [7, 11) is 3.48. The van der Waals surface area contributed by atoms with Gasteiger partial charge >= 0.3 is 5.97 Å². The molecule has 1 aromatic rings. The molecular weight excluding hydrogens is 310 g/mol. The number of ether oxygens (including phenoxy) is 2. The molecular formula is C14H20BrNO3. The lowest BCUT2D eigenvalue weighted by atomic mass is 10.0. The van der Waals surface area contributed by atoms with Gasteiger partial charge in [-0.3, -0.25) is 0 Å². The van der Waals surface area contributed by atoms with Crippen LogP contribution in [0.5, 0.6) is 5.75 Å². The van der Waals surface area contributed by atoms with Crippen LogP contribution in [0.25, 0.3) is 0 Å². The van der Waals surface area contributed by atoms with Gasteiger partial charge in [0.2, 0.25) is 0 Å². The predicted molar refractivity (Wildman–Crippen MR) is 79.8 cm³/mol. The molecule has 0 heterocycles. The smallest absolute Gasteiger partial charge is 0.331 e. The number of likely N-dealkylation sites (N-methyl/N-ethyl adjacent to an activating group) is 1. The Hall–Kier alpha value is -1.23. The number of carbonyl (C=O) groups excluding carboxylic acids is 1. The first kappa shape index (κ1) is 15.8. The second kappa shape index (κ2) is 6.28. The standard InChI is InChI=1S/C14H20BrNO3/c1-6-19-13(17)14(2,3)16(4)10-7-8-12(18-5)11(15)9-10/h7-9H,6H2,1-5H3. The first-order valence-electron chi connectivity index (χ1n) is 6.09. The largest absolute Gasteiger partial charge is 0.496 e. The lowest BCUT2D eigenvalue weighted by Gasteiger charge is -2.35. The quantitative estimate of drug-likeness (QED) is 0.777. The van der Waals surface area contributed by atoms with Gasteiger partial charge < -0.3 is 14.4 Å². The molecule has 0 N–H and O–H groups in total. The Balaban J connectivity index is 3.02. The minimum Gasteiger partial charge on any atom is -0.496 e. The first-order valence-corrected chi connectivity index (χ1v) is 6.88. The number of rotatable bonds is 5. The van der Waals surface area contributed by atoms with Crippen molar-refractivity contribution in [3.8, 4) is 5.75 Å². The highest BCUT2D eigenvalue weighted by Crippen LogP contribution is 2.32. The van der Waals surface area contributed by atoms with Crippen LogP contribution in [0.3, 0.4) is 0 Å². The Morgan fingerprint density at radius 2 is 2.05 bits per heavy atom. The maximum absolute atomic E-state index is 12.0. The molecule has 0 aliphatic carbocycles. The van der Waals surface area contributed by atoms with E-state index in [1.54, 1.807) is 14.0 Å². The van der Waals surface area contributed by atoms with Gasteiger partial charge in [-0.05, 0) is 54.9 Å². The first-order chi connectivity index (χ1) is 8.84. The Kier molecular flexibility index (Phi) is 5.23. The van der Waals surface area contributed by atoms with Gasteiger partial charge in [0, 0.05) is 12.7 Å². The van der Waals surface area contributed by atoms with Crippen LogP contribution >= 0.6 is 15.9 Å². The molecule has 0 aromatic heterocycles. The number of anilines is 1. The fraction of sp³-hybridized carbons (Fsp3) is 0.500. The van der Waals surface area contributed by atoms with Crippen molar-refractivity contribution in [1.29, 1.82) is 0 Å². The highest BCUT2D eigenvalue weighted by molar-refractivity contribution is 9.10. The van der Waals surface area contributed by atoms with Gasteiger partial charge in [-0.15, -0.1) is 0 Å².